The Morgan fingerprint density at radius 3 is 1.50 bits per heavy atom. The summed E-state index contributed by atoms with van der Waals surface area (Å²) in [6.45, 7) is 14.0. The van der Waals surface area contributed by atoms with Gasteiger partial charge in [-0.05, 0) is 0 Å². The minimum Gasteiger partial charge on any atom is -0.384 e. The van der Waals surface area contributed by atoms with Crippen LogP contribution in [0.3, 0.4) is 0 Å². The molecule has 0 aromatic carbocycles. The van der Waals surface area contributed by atoms with Crippen LogP contribution in [0.25, 0.3) is 0 Å². The van der Waals surface area contributed by atoms with Crippen molar-refractivity contribution in [2.24, 2.45) is 0 Å². The molecule has 0 atom stereocenters. The lowest BCUT2D eigenvalue weighted by Crippen LogP contribution is -2.66. The molecule has 1 aliphatic heterocycles. The number of rotatable bonds is 12. The zero-order valence-corrected chi connectivity index (χ0v) is 20.9. The van der Waals surface area contributed by atoms with Gasteiger partial charge in [0, 0.05) is 26.2 Å². The van der Waals surface area contributed by atoms with Gasteiger partial charge in [-0.2, -0.15) is 52.7 Å². The summed E-state index contributed by atoms with van der Waals surface area (Å²) < 4.78 is 154. The molecule has 0 bridgehead atoms. The minimum absolute atomic E-state index is 0.207. The van der Waals surface area contributed by atoms with Gasteiger partial charge in [0.1, 0.15) is 0 Å². The fraction of sp³-hybridized carbons (Fsp3) is 0.409. The van der Waals surface area contributed by atoms with Crippen molar-refractivity contribution in [2.75, 3.05) is 26.2 Å². The van der Waals surface area contributed by atoms with Crippen molar-refractivity contribution in [1.82, 2.24) is 10.2 Å². The highest BCUT2D eigenvalue weighted by Gasteiger charge is 2.83. The largest absolute Gasteiger partial charge is 0.411 e. The number of esters is 2. The molecule has 0 aliphatic carbocycles. The molecule has 0 aromatic heterocycles. The standard InChI is InChI=1S/C11H11F6NO3.C6H11N.C5F6O3/c1-3-5-18(6-4-2)9(19)11(16,17)10(14,15)7(21-20)8(12)13;1-3-5-7-6-4-2;6-3(7)1(12)14-2(13)4(8,9)5(3,10)11/h3-4,20H,1-2,5-6H2;3-4,7H,1-2,5-6H2;. The maximum atomic E-state index is 13.5. The van der Waals surface area contributed by atoms with E-state index < -0.39 is 72.4 Å². The summed E-state index contributed by atoms with van der Waals surface area (Å²) in [6, 6.07) is 0. The Kier molecular flexibility index (Phi) is 15.4. The van der Waals surface area contributed by atoms with E-state index in [1.165, 1.54) is 0 Å². The quantitative estimate of drug-likeness (QED) is 0.0455. The van der Waals surface area contributed by atoms with Crippen LogP contribution in [-0.2, 0) is 24.0 Å². The molecular weight excluding hydrogens is 616 g/mol. The Labute approximate surface area is 229 Å². The van der Waals surface area contributed by atoms with Crippen LogP contribution in [-0.4, -0.2) is 83.8 Å². The smallest absolute Gasteiger partial charge is 0.384 e. The van der Waals surface area contributed by atoms with E-state index in [4.69, 9.17) is 5.26 Å². The number of alkyl halides is 10. The van der Waals surface area contributed by atoms with Crippen LogP contribution in [0.15, 0.2) is 62.5 Å². The Morgan fingerprint density at radius 2 is 1.21 bits per heavy atom. The molecule has 2 N–H and O–H groups in total. The van der Waals surface area contributed by atoms with E-state index in [1.54, 1.807) is 0 Å². The van der Waals surface area contributed by atoms with E-state index in [0.717, 1.165) is 25.2 Å². The average Bonchev–Trinajstić information content (AvgIpc) is 2.88. The van der Waals surface area contributed by atoms with Gasteiger partial charge < -0.3 is 19.8 Å². The predicted octanol–water partition coefficient (Wildman–Crippen LogP) is 4.98. The van der Waals surface area contributed by atoms with Gasteiger partial charge in [-0.15, -0.1) is 26.3 Å². The Bertz CT molecular complexity index is 997. The molecule has 240 valence electrons. The predicted molar refractivity (Wildman–Crippen MR) is 119 cm³/mol. The van der Waals surface area contributed by atoms with E-state index in [0.29, 0.717) is 0 Å². The van der Waals surface area contributed by atoms with E-state index in [-0.39, 0.29) is 4.90 Å². The minimum atomic E-state index is -6.08. The molecule has 1 fully saturated rings. The van der Waals surface area contributed by atoms with E-state index in [2.05, 4.69) is 41.3 Å². The van der Waals surface area contributed by atoms with Gasteiger partial charge in [-0.1, -0.05) is 24.3 Å². The van der Waals surface area contributed by atoms with Gasteiger partial charge in [0.15, 0.2) is 0 Å². The van der Waals surface area contributed by atoms with Crippen molar-refractivity contribution < 1.29 is 82.0 Å². The first-order chi connectivity index (χ1) is 19.0. The molecule has 0 aromatic rings. The first kappa shape index (κ1) is 40.3. The van der Waals surface area contributed by atoms with Gasteiger partial charge in [0.2, 0.25) is 0 Å². The summed E-state index contributed by atoms with van der Waals surface area (Å²) in [5, 5.41) is 11.0. The second-order valence-corrected chi connectivity index (χ2v) is 7.25. The monoisotopic (exact) mass is 638 g/mol. The maximum Gasteiger partial charge on any atom is 0.411 e. The molecular formula is C22H22F12N2O6. The molecule has 20 heteroatoms. The second-order valence-electron chi connectivity index (χ2n) is 7.25. The summed E-state index contributed by atoms with van der Waals surface area (Å²) in [7, 11) is 0. The van der Waals surface area contributed by atoms with Crippen molar-refractivity contribution in [3.63, 3.8) is 0 Å². The zero-order valence-electron chi connectivity index (χ0n) is 20.9. The van der Waals surface area contributed by atoms with Crippen molar-refractivity contribution in [3.05, 3.63) is 62.5 Å². The topological polar surface area (TPSA) is 105 Å². The van der Waals surface area contributed by atoms with Crippen molar-refractivity contribution in [1.29, 1.82) is 0 Å². The number of nitrogens with one attached hydrogen (secondary N) is 1. The summed E-state index contributed by atoms with van der Waals surface area (Å²) in [5.74, 6) is -40.3. The molecule has 0 saturated carbocycles. The van der Waals surface area contributed by atoms with Crippen LogP contribution in [0.4, 0.5) is 52.7 Å². The molecule has 1 saturated heterocycles. The van der Waals surface area contributed by atoms with E-state index in [9.17, 15) is 67.1 Å². The van der Waals surface area contributed by atoms with Crippen LogP contribution in [0.5, 0.6) is 0 Å². The number of ether oxygens (including phenoxy) is 1. The number of carbonyl (C=O) groups excluding carboxylic acids is 3. The summed E-state index contributed by atoms with van der Waals surface area (Å²) in [4.78, 5) is 34.3. The zero-order chi connectivity index (χ0) is 33.7. The third kappa shape index (κ3) is 8.84. The lowest BCUT2D eigenvalue weighted by molar-refractivity contribution is -0.316. The first-order valence-corrected chi connectivity index (χ1v) is 10.5. The molecule has 0 unspecified atom stereocenters. The van der Waals surface area contributed by atoms with Crippen molar-refractivity contribution in [2.45, 2.75) is 29.6 Å². The van der Waals surface area contributed by atoms with Gasteiger partial charge in [0.05, 0.1) is 0 Å². The highest BCUT2D eigenvalue weighted by atomic mass is 19.3. The Hall–Kier alpha value is -3.81. The highest BCUT2D eigenvalue weighted by Crippen LogP contribution is 2.49. The summed E-state index contributed by atoms with van der Waals surface area (Å²) >= 11 is 0. The number of hydrogen-bond acceptors (Lipinski definition) is 7. The molecule has 42 heavy (non-hydrogen) atoms. The molecule has 1 heterocycles. The molecule has 8 nitrogen and oxygen atoms in total. The Balaban J connectivity index is 0. The lowest BCUT2D eigenvalue weighted by Gasteiger charge is -2.33. The number of amides is 1. The molecule has 1 rings (SSSR count). The summed E-state index contributed by atoms with van der Waals surface area (Å²) in [5.41, 5.74) is 0. The van der Waals surface area contributed by atoms with Gasteiger partial charge >= 0.3 is 53.5 Å². The van der Waals surface area contributed by atoms with Crippen molar-refractivity contribution >= 4 is 17.8 Å². The SMILES string of the molecule is C=CCN(CC=C)C(=O)C(F)(F)C(F)(F)C(OO)=C(F)F.C=CCNCC=C.O=C1OC(=O)C(F)(F)C(F)(F)C1(F)F. The second kappa shape index (κ2) is 16.0. The van der Waals surface area contributed by atoms with E-state index in [1.807, 2.05) is 12.2 Å². The van der Waals surface area contributed by atoms with Crippen LogP contribution in [0.1, 0.15) is 0 Å². The third-order valence-corrected chi connectivity index (χ3v) is 4.26. The fourth-order valence-electron chi connectivity index (χ4n) is 2.19. The van der Waals surface area contributed by atoms with Gasteiger partial charge in [-0.3, -0.25) is 4.79 Å². The third-order valence-electron chi connectivity index (χ3n) is 4.26. The van der Waals surface area contributed by atoms with Crippen molar-refractivity contribution in [3.8, 4) is 0 Å². The molecule has 1 aliphatic rings. The lowest BCUT2D eigenvalue weighted by atomic mass is 10.0. The number of carbonyl (C=O) groups is 3. The van der Waals surface area contributed by atoms with Gasteiger partial charge in [0.25, 0.3) is 5.76 Å². The first-order valence-electron chi connectivity index (χ1n) is 10.5. The van der Waals surface area contributed by atoms with Crippen LogP contribution in [0.2, 0.25) is 0 Å². The molecule has 1 amide bonds. The highest BCUT2D eigenvalue weighted by molar-refractivity contribution is 5.98. The molecule has 0 radical (unpaired) electrons. The van der Waals surface area contributed by atoms with Crippen LogP contribution < -0.4 is 5.32 Å². The number of nitrogens with zero attached hydrogens (tertiary/aromatic N) is 1. The van der Waals surface area contributed by atoms with E-state index >= 15 is 0 Å². The molecule has 0 spiro atoms. The Morgan fingerprint density at radius 1 is 0.833 bits per heavy atom. The maximum absolute atomic E-state index is 13.5. The normalized spacial score (nSPS) is 16.6. The number of cyclic esters (lactones) is 2. The van der Waals surface area contributed by atoms with Gasteiger partial charge in [-0.25, -0.2) is 14.8 Å². The number of hydrogen-bond donors (Lipinski definition) is 2. The average molecular weight is 638 g/mol. The number of halogens is 12. The van der Waals surface area contributed by atoms with Crippen LogP contribution in [0, 0.1) is 0 Å². The fourth-order valence-corrected chi connectivity index (χ4v) is 2.19. The summed E-state index contributed by atoms with van der Waals surface area (Å²) in [6.07, 6.45) is 2.18. The number of allylic oxidation sites excluding steroid dienone is 1. The van der Waals surface area contributed by atoms with Crippen LogP contribution >= 0.6 is 0 Å².